The second-order valence-corrected chi connectivity index (χ2v) is 5.04. The molecule has 3 nitrogen and oxygen atoms in total. The summed E-state index contributed by atoms with van der Waals surface area (Å²) in [6, 6.07) is 7.42. The monoisotopic (exact) mass is 293 g/mol. The van der Waals surface area contributed by atoms with Gasteiger partial charge in [0.05, 0.1) is 5.56 Å². The minimum atomic E-state index is -0.0791. The number of rotatable bonds is 2. The van der Waals surface area contributed by atoms with Crippen LogP contribution in [-0.2, 0) is 4.79 Å². The second-order valence-electron chi connectivity index (χ2n) is 4.13. The molecule has 0 aromatic heterocycles. The lowest BCUT2D eigenvalue weighted by Crippen LogP contribution is -2.25. The number of nitriles is 1. The molecule has 0 spiro atoms. The van der Waals surface area contributed by atoms with Crippen molar-refractivity contribution in [1.29, 1.82) is 5.26 Å². The fourth-order valence-electron chi connectivity index (χ4n) is 1.96. The van der Waals surface area contributed by atoms with Crippen LogP contribution >= 0.6 is 15.9 Å². The number of Topliss-reactive ketones (excluding diaryl/α,β-unsaturated/α-hetero) is 1. The number of nitrogens with zero attached hydrogens (tertiary/aromatic N) is 1. The normalized spacial score (nSPS) is 19.8. The van der Waals surface area contributed by atoms with Crippen LogP contribution in [0.2, 0.25) is 0 Å². The molecule has 0 amide bonds. The van der Waals surface area contributed by atoms with Gasteiger partial charge in [0, 0.05) is 17.3 Å². The maximum absolute atomic E-state index is 11.3. The Kier molecular flexibility index (Phi) is 3.80. The van der Waals surface area contributed by atoms with Crippen molar-refractivity contribution < 1.29 is 9.53 Å². The smallest absolute Gasteiger partial charge is 0.137 e. The summed E-state index contributed by atoms with van der Waals surface area (Å²) in [5.74, 6) is 0.812. The molecule has 4 heteroatoms. The lowest BCUT2D eigenvalue weighted by atomic mass is 9.96. The summed E-state index contributed by atoms with van der Waals surface area (Å²) >= 11 is 3.31. The molecule has 1 aromatic rings. The average molecular weight is 294 g/mol. The van der Waals surface area contributed by atoms with Gasteiger partial charge >= 0.3 is 0 Å². The number of carbonyl (C=O) groups excluding carboxylic acids is 1. The van der Waals surface area contributed by atoms with Gasteiger partial charge in [0.2, 0.25) is 0 Å². The number of ketones is 1. The first-order valence-corrected chi connectivity index (χ1v) is 6.36. The van der Waals surface area contributed by atoms with Gasteiger partial charge in [-0.3, -0.25) is 4.79 Å². The molecule has 1 unspecified atom stereocenters. The van der Waals surface area contributed by atoms with Crippen LogP contribution in [0, 0.1) is 11.3 Å². The van der Waals surface area contributed by atoms with Crippen molar-refractivity contribution in [3.05, 3.63) is 28.2 Å². The Labute approximate surface area is 109 Å². The highest BCUT2D eigenvalue weighted by atomic mass is 79.9. The minimum Gasteiger partial charge on any atom is -0.489 e. The van der Waals surface area contributed by atoms with Gasteiger partial charge in [-0.2, -0.15) is 5.26 Å². The summed E-state index contributed by atoms with van der Waals surface area (Å²) < 4.78 is 6.59. The second kappa shape index (κ2) is 5.33. The molecule has 1 aliphatic rings. The molecule has 1 saturated carbocycles. The first-order chi connectivity index (χ1) is 8.19. The van der Waals surface area contributed by atoms with Crippen molar-refractivity contribution in [2.45, 2.75) is 31.8 Å². The van der Waals surface area contributed by atoms with Crippen LogP contribution in [0.1, 0.15) is 31.2 Å². The Balaban J connectivity index is 2.13. The van der Waals surface area contributed by atoms with Crippen LogP contribution in [0.5, 0.6) is 5.75 Å². The lowest BCUT2D eigenvalue weighted by Gasteiger charge is -2.22. The Bertz CT molecular complexity index is 479. The van der Waals surface area contributed by atoms with Crippen LogP contribution in [-0.4, -0.2) is 11.9 Å². The van der Waals surface area contributed by atoms with E-state index < -0.39 is 0 Å². The number of ether oxygens (including phenoxy) is 1. The number of hydrogen-bond acceptors (Lipinski definition) is 3. The van der Waals surface area contributed by atoms with E-state index in [9.17, 15) is 4.79 Å². The van der Waals surface area contributed by atoms with Gasteiger partial charge in [-0.15, -0.1) is 0 Å². The number of halogens is 1. The Morgan fingerprint density at radius 3 is 3.00 bits per heavy atom. The zero-order chi connectivity index (χ0) is 12.3. The average Bonchev–Trinajstić information content (AvgIpc) is 2.31. The lowest BCUT2D eigenvalue weighted by molar-refractivity contribution is -0.122. The molecule has 1 aromatic carbocycles. The Morgan fingerprint density at radius 1 is 1.47 bits per heavy atom. The summed E-state index contributed by atoms with van der Waals surface area (Å²) in [6.45, 7) is 0. The van der Waals surface area contributed by atoms with Crippen molar-refractivity contribution in [3.63, 3.8) is 0 Å². The van der Waals surface area contributed by atoms with Gasteiger partial charge in [-0.25, -0.2) is 0 Å². The Morgan fingerprint density at radius 2 is 2.29 bits per heavy atom. The molecule has 1 atom stereocenters. The predicted molar refractivity (Wildman–Crippen MR) is 66.7 cm³/mol. The molecule has 0 N–H and O–H groups in total. The van der Waals surface area contributed by atoms with Crippen LogP contribution in [0.3, 0.4) is 0 Å². The molecule has 2 rings (SSSR count). The molecule has 1 fully saturated rings. The summed E-state index contributed by atoms with van der Waals surface area (Å²) in [6.07, 6.45) is 2.80. The Hall–Kier alpha value is -1.34. The van der Waals surface area contributed by atoms with Crippen molar-refractivity contribution in [2.75, 3.05) is 0 Å². The van der Waals surface area contributed by atoms with Gasteiger partial charge in [-0.05, 0) is 31.0 Å². The zero-order valence-electron chi connectivity index (χ0n) is 9.28. The highest BCUT2D eigenvalue weighted by molar-refractivity contribution is 9.10. The molecule has 0 aliphatic heterocycles. The SMILES string of the molecule is N#Cc1cc(Br)ccc1OC1CCCC(=O)C1. The molecule has 0 bridgehead atoms. The minimum absolute atomic E-state index is 0.0791. The topological polar surface area (TPSA) is 50.1 Å². The highest BCUT2D eigenvalue weighted by Crippen LogP contribution is 2.26. The standard InChI is InChI=1S/C13H12BrNO2/c14-10-4-5-13(9(6-10)8-15)17-12-3-1-2-11(16)7-12/h4-6,12H,1-3,7H2. The van der Waals surface area contributed by atoms with Gasteiger partial charge in [0.15, 0.2) is 0 Å². The molecular weight excluding hydrogens is 282 g/mol. The van der Waals surface area contributed by atoms with E-state index in [0.29, 0.717) is 24.2 Å². The van der Waals surface area contributed by atoms with E-state index in [1.54, 1.807) is 12.1 Å². The van der Waals surface area contributed by atoms with Crippen molar-refractivity contribution in [2.24, 2.45) is 0 Å². The van der Waals surface area contributed by atoms with Crippen molar-refractivity contribution in [3.8, 4) is 11.8 Å². The maximum Gasteiger partial charge on any atom is 0.137 e. The quantitative estimate of drug-likeness (QED) is 0.841. The molecule has 0 heterocycles. The van der Waals surface area contributed by atoms with E-state index in [-0.39, 0.29) is 11.9 Å². The van der Waals surface area contributed by atoms with Crippen LogP contribution in [0.4, 0.5) is 0 Å². The van der Waals surface area contributed by atoms with Crippen molar-refractivity contribution >= 4 is 21.7 Å². The molecule has 88 valence electrons. The van der Waals surface area contributed by atoms with E-state index in [1.165, 1.54) is 0 Å². The van der Waals surface area contributed by atoms with Gasteiger partial charge in [0.25, 0.3) is 0 Å². The van der Waals surface area contributed by atoms with E-state index in [2.05, 4.69) is 22.0 Å². The zero-order valence-corrected chi connectivity index (χ0v) is 10.9. The number of carbonyl (C=O) groups is 1. The summed E-state index contributed by atoms with van der Waals surface area (Å²) in [5.41, 5.74) is 0.498. The predicted octanol–water partition coefficient (Wildman–Crippen LogP) is 3.21. The van der Waals surface area contributed by atoms with Gasteiger partial charge in [-0.1, -0.05) is 15.9 Å². The molecule has 1 aliphatic carbocycles. The van der Waals surface area contributed by atoms with E-state index in [1.807, 2.05) is 6.07 Å². The number of hydrogen-bond donors (Lipinski definition) is 0. The summed E-state index contributed by atoms with van der Waals surface area (Å²) in [5, 5.41) is 9.01. The fourth-order valence-corrected chi connectivity index (χ4v) is 2.32. The van der Waals surface area contributed by atoms with E-state index in [0.717, 1.165) is 17.3 Å². The highest BCUT2D eigenvalue weighted by Gasteiger charge is 2.21. The third-order valence-corrected chi connectivity index (χ3v) is 3.29. The van der Waals surface area contributed by atoms with E-state index in [4.69, 9.17) is 10.00 Å². The first-order valence-electron chi connectivity index (χ1n) is 5.57. The third-order valence-electron chi connectivity index (χ3n) is 2.79. The summed E-state index contributed by atoms with van der Waals surface area (Å²) in [7, 11) is 0. The first kappa shape index (κ1) is 12.1. The van der Waals surface area contributed by atoms with Gasteiger partial charge in [0.1, 0.15) is 23.7 Å². The largest absolute Gasteiger partial charge is 0.489 e. The number of benzene rings is 1. The summed E-state index contributed by atoms with van der Waals surface area (Å²) in [4.78, 5) is 11.3. The van der Waals surface area contributed by atoms with Gasteiger partial charge < -0.3 is 4.74 Å². The molecule has 17 heavy (non-hydrogen) atoms. The van der Waals surface area contributed by atoms with Crippen LogP contribution in [0.15, 0.2) is 22.7 Å². The molecular formula is C13H12BrNO2. The fraction of sp³-hybridized carbons (Fsp3) is 0.385. The van der Waals surface area contributed by atoms with Crippen molar-refractivity contribution in [1.82, 2.24) is 0 Å². The third kappa shape index (κ3) is 3.07. The maximum atomic E-state index is 11.3. The molecule has 0 radical (unpaired) electrons. The van der Waals surface area contributed by atoms with E-state index >= 15 is 0 Å². The van der Waals surface area contributed by atoms with Crippen LogP contribution < -0.4 is 4.74 Å². The molecule has 0 saturated heterocycles. The van der Waals surface area contributed by atoms with Crippen LogP contribution in [0.25, 0.3) is 0 Å².